The predicted octanol–water partition coefficient (Wildman–Crippen LogP) is -0.192. The van der Waals surface area contributed by atoms with Gasteiger partial charge < -0.3 is 14.4 Å². The minimum atomic E-state index is -1.00. The van der Waals surface area contributed by atoms with Crippen LogP contribution < -0.4 is 0 Å². The summed E-state index contributed by atoms with van der Waals surface area (Å²) in [5.41, 5.74) is 0. The quantitative estimate of drug-likeness (QED) is 0.402. The summed E-state index contributed by atoms with van der Waals surface area (Å²) in [6.45, 7) is 1.11. The Morgan fingerprint density at radius 2 is 1.57 bits per heavy atom. The van der Waals surface area contributed by atoms with Gasteiger partial charge in [0, 0.05) is 6.61 Å². The summed E-state index contributed by atoms with van der Waals surface area (Å²) in [6.07, 6.45) is -0.823. The zero-order valence-corrected chi connectivity index (χ0v) is 7.45. The van der Waals surface area contributed by atoms with Crippen molar-refractivity contribution in [2.75, 3.05) is 19.8 Å². The van der Waals surface area contributed by atoms with Crippen LogP contribution in [-0.2, 0) is 14.4 Å². The van der Waals surface area contributed by atoms with Crippen molar-refractivity contribution in [2.45, 2.75) is 13.0 Å². The minimum absolute atomic E-state index is 0.257. The van der Waals surface area contributed by atoms with E-state index in [2.05, 4.69) is 9.68 Å². The fourth-order valence-corrected chi connectivity index (χ4v) is 0.668. The summed E-state index contributed by atoms with van der Waals surface area (Å²) in [6, 6.07) is 0. The molecule has 0 saturated heterocycles. The molecule has 0 N–H and O–H groups in total. The van der Waals surface area contributed by atoms with Crippen molar-refractivity contribution in [3.8, 4) is 0 Å². The first-order valence-corrected chi connectivity index (χ1v) is 3.72. The molecule has 0 aliphatic carbocycles. The van der Waals surface area contributed by atoms with Gasteiger partial charge in [0.05, 0.1) is 0 Å². The molecule has 9 nitrogen and oxygen atoms in total. The molecule has 0 aromatic carbocycles. The van der Waals surface area contributed by atoms with Crippen LogP contribution in [0.25, 0.3) is 0 Å². The molecule has 14 heavy (non-hydrogen) atoms. The van der Waals surface area contributed by atoms with Crippen molar-refractivity contribution in [3.63, 3.8) is 0 Å². The lowest BCUT2D eigenvalue weighted by atomic mass is 10.4. The first-order valence-electron chi connectivity index (χ1n) is 3.72. The molecule has 0 spiro atoms. The zero-order valence-electron chi connectivity index (χ0n) is 7.45. The summed E-state index contributed by atoms with van der Waals surface area (Å²) in [4.78, 5) is 27.6. The van der Waals surface area contributed by atoms with Gasteiger partial charge in [-0.2, -0.15) is 0 Å². The Balaban J connectivity index is 3.76. The Morgan fingerprint density at radius 1 is 1.14 bits per heavy atom. The maximum atomic E-state index is 9.80. The van der Waals surface area contributed by atoms with Crippen LogP contribution in [0, 0.1) is 20.2 Å². The highest BCUT2D eigenvalue weighted by atomic mass is 17.0. The molecule has 0 rings (SSSR count). The van der Waals surface area contributed by atoms with E-state index < -0.39 is 29.5 Å². The average molecular weight is 210 g/mol. The first kappa shape index (κ1) is 12.4. The molecule has 0 saturated carbocycles. The summed E-state index contributed by atoms with van der Waals surface area (Å²) < 4.78 is 4.88. The van der Waals surface area contributed by atoms with E-state index in [1.54, 1.807) is 6.92 Å². The number of nitrogens with zero attached hydrogens (tertiary/aromatic N) is 2. The second-order valence-corrected chi connectivity index (χ2v) is 2.12. The lowest BCUT2D eigenvalue weighted by Gasteiger charge is -2.13. The summed E-state index contributed by atoms with van der Waals surface area (Å²) >= 11 is 0. The summed E-state index contributed by atoms with van der Waals surface area (Å²) in [5, 5.41) is 17.6. The van der Waals surface area contributed by atoms with E-state index in [1.807, 2.05) is 0 Å². The van der Waals surface area contributed by atoms with E-state index in [4.69, 9.17) is 4.74 Å². The van der Waals surface area contributed by atoms with Gasteiger partial charge in [0.25, 0.3) is 10.2 Å². The standard InChI is InChI=1S/C5H10N2O7/c1-2-12-5(3-13-6(8)9)4-14-7(10)11/h5H,2-4H2,1H3. The van der Waals surface area contributed by atoms with Crippen molar-refractivity contribution < 1.29 is 24.6 Å². The molecule has 0 fully saturated rings. The van der Waals surface area contributed by atoms with Crippen LogP contribution in [-0.4, -0.2) is 36.1 Å². The fraction of sp³-hybridized carbons (Fsp3) is 1.00. The van der Waals surface area contributed by atoms with Gasteiger partial charge in [-0.15, -0.1) is 20.2 Å². The summed E-state index contributed by atoms with van der Waals surface area (Å²) in [7, 11) is 0. The van der Waals surface area contributed by atoms with Gasteiger partial charge >= 0.3 is 0 Å². The van der Waals surface area contributed by atoms with E-state index >= 15 is 0 Å². The van der Waals surface area contributed by atoms with Gasteiger partial charge in [-0.25, -0.2) is 0 Å². The number of hydrogen-bond donors (Lipinski definition) is 0. The van der Waals surface area contributed by atoms with E-state index in [-0.39, 0.29) is 6.61 Å². The molecule has 0 atom stereocenters. The lowest BCUT2D eigenvalue weighted by Crippen LogP contribution is -2.28. The normalized spacial score (nSPS) is 9.86. The van der Waals surface area contributed by atoms with Crippen molar-refractivity contribution >= 4 is 0 Å². The maximum absolute atomic E-state index is 9.80. The third-order valence-electron chi connectivity index (χ3n) is 1.13. The highest BCUT2D eigenvalue weighted by Crippen LogP contribution is 1.95. The van der Waals surface area contributed by atoms with Crippen molar-refractivity contribution in [1.82, 2.24) is 0 Å². The highest BCUT2D eigenvalue weighted by Gasteiger charge is 2.13. The van der Waals surface area contributed by atoms with Gasteiger partial charge in [0.2, 0.25) is 0 Å². The molecule has 0 aliphatic rings. The van der Waals surface area contributed by atoms with Crippen LogP contribution >= 0.6 is 0 Å². The average Bonchev–Trinajstić information content (AvgIpc) is 2.09. The Bertz CT molecular complexity index is 179. The SMILES string of the molecule is CCOC(CO[N+](=O)[O-])CO[N+](=O)[O-]. The topological polar surface area (TPSA) is 114 Å². The van der Waals surface area contributed by atoms with Crippen LogP contribution in [0.5, 0.6) is 0 Å². The predicted molar refractivity (Wildman–Crippen MR) is 41.3 cm³/mol. The Labute approximate surface area is 78.8 Å². The van der Waals surface area contributed by atoms with Crippen LogP contribution in [0.2, 0.25) is 0 Å². The van der Waals surface area contributed by atoms with E-state index in [0.29, 0.717) is 0 Å². The van der Waals surface area contributed by atoms with Crippen molar-refractivity contribution in [1.29, 1.82) is 0 Å². The Morgan fingerprint density at radius 3 is 1.86 bits per heavy atom. The highest BCUT2D eigenvalue weighted by molar-refractivity contribution is 4.51. The van der Waals surface area contributed by atoms with Crippen LogP contribution in [0.4, 0.5) is 0 Å². The molecule has 0 aromatic rings. The molecule has 0 heterocycles. The fourth-order valence-electron chi connectivity index (χ4n) is 0.668. The zero-order chi connectivity index (χ0) is 11.0. The first-order chi connectivity index (χ1) is 6.56. The smallest absolute Gasteiger partial charge is 0.294 e. The molecule has 0 radical (unpaired) electrons. The molecular formula is C5H10N2O7. The molecular weight excluding hydrogens is 200 g/mol. The second-order valence-electron chi connectivity index (χ2n) is 2.12. The number of rotatable bonds is 8. The Kier molecular flexibility index (Phi) is 6.03. The molecule has 0 aromatic heterocycles. The molecule has 0 unspecified atom stereocenters. The van der Waals surface area contributed by atoms with E-state index in [1.165, 1.54) is 0 Å². The minimum Gasteiger partial charge on any atom is -0.374 e. The third-order valence-corrected chi connectivity index (χ3v) is 1.13. The van der Waals surface area contributed by atoms with Crippen LogP contribution in [0.3, 0.4) is 0 Å². The number of ether oxygens (including phenoxy) is 1. The lowest BCUT2D eigenvalue weighted by molar-refractivity contribution is -0.768. The van der Waals surface area contributed by atoms with Gasteiger partial charge in [0.1, 0.15) is 19.3 Å². The second kappa shape index (κ2) is 6.83. The number of hydrogen-bond acceptors (Lipinski definition) is 7. The van der Waals surface area contributed by atoms with Gasteiger partial charge in [-0.05, 0) is 6.92 Å². The third kappa shape index (κ3) is 7.03. The largest absolute Gasteiger partial charge is 0.374 e. The summed E-state index contributed by atoms with van der Waals surface area (Å²) in [5.74, 6) is 0. The Hall–Kier alpha value is -1.64. The van der Waals surface area contributed by atoms with Crippen LogP contribution in [0.15, 0.2) is 0 Å². The van der Waals surface area contributed by atoms with E-state index in [0.717, 1.165) is 0 Å². The molecule has 0 amide bonds. The van der Waals surface area contributed by atoms with Gasteiger partial charge in [0.15, 0.2) is 0 Å². The molecule has 0 aliphatic heterocycles. The van der Waals surface area contributed by atoms with Crippen molar-refractivity contribution in [2.24, 2.45) is 0 Å². The maximum Gasteiger partial charge on any atom is 0.294 e. The van der Waals surface area contributed by atoms with Crippen LogP contribution in [0.1, 0.15) is 6.92 Å². The van der Waals surface area contributed by atoms with Gasteiger partial charge in [-0.1, -0.05) is 0 Å². The molecule has 0 bridgehead atoms. The molecule has 82 valence electrons. The van der Waals surface area contributed by atoms with Gasteiger partial charge in [-0.3, -0.25) is 0 Å². The molecule has 9 heteroatoms. The van der Waals surface area contributed by atoms with E-state index in [9.17, 15) is 20.2 Å². The van der Waals surface area contributed by atoms with Crippen molar-refractivity contribution in [3.05, 3.63) is 20.2 Å². The monoisotopic (exact) mass is 210 g/mol.